The fourth-order valence-electron chi connectivity index (χ4n) is 2.88. The Morgan fingerprint density at radius 3 is 2.71 bits per heavy atom. The predicted octanol–water partition coefficient (Wildman–Crippen LogP) is 3.66. The highest BCUT2D eigenvalue weighted by molar-refractivity contribution is 5.89. The highest BCUT2D eigenvalue weighted by atomic mass is 16.5. The van der Waals surface area contributed by atoms with E-state index in [1.807, 2.05) is 36.1 Å². The van der Waals surface area contributed by atoms with Crippen LogP contribution in [0.4, 0.5) is 10.5 Å². The molecule has 0 aromatic heterocycles. The average Bonchev–Trinajstić information content (AvgIpc) is 2.60. The minimum Gasteiger partial charge on any atom is -0.489 e. The van der Waals surface area contributed by atoms with Gasteiger partial charge in [0, 0.05) is 31.5 Å². The first-order valence-corrected chi connectivity index (χ1v) is 8.52. The number of nitrogens with one attached hydrogen (secondary N) is 1. The Labute approximate surface area is 144 Å². The van der Waals surface area contributed by atoms with Crippen LogP contribution in [0.15, 0.2) is 36.4 Å². The van der Waals surface area contributed by atoms with Crippen molar-refractivity contribution in [2.75, 3.05) is 31.6 Å². The first-order chi connectivity index (χ1) is 11.5. The molecule has 2 N–H and O–H groups in total. The Morgan fingerprint density at radius 2 is 2.12 bits per heavy atom. The number of likely N-dealkylation sites (tertiary alicyclic amines) is 1. The number of carbonyl (C=O) groups is 1. The van der Waals surface area contributed by atoms with Gasteiger partial charge in [0.2, 0.25) is 0 Å². The quantitative estimate of drug-likeness (QED) is 0.782. The summed E-state index contributed by atoms with van der Waals surface area (Å²) in [4.78, 5) is 14.2. The van der Waals surface area contributed by atoms with Crippen LogP contribution in [-0.4, -0.2) is 42.3 Å². The van der Waals surface area contributed by atoms with E-state index in [0.29, 0.717) is 31.1 Å². The lowest BCUT2D eigenvalue weighted by Crippen LogP contribution is -2.46. The molecule has 1 aromatic rings. The number of amides is 2. The molecule has 2 amide bonds. The van der Waals surface area contributed by atoms with Gasteiger partial charge in [-0.15, -0.1) is 0 Å². The van der Waals surface area contributed by atoms with Gasteiger partial charge in [-0.2, -0.15) is 0 Å². The van der Waals surface area contributed by atoms with Crippen molar-refractivity contribution in [2.45, 2.75) is 33.1 Å². The fraction of sp³-hybridized carbons (Fsp3) is 0.526. The van der Waals surface area contributed by atoms with Gasteiger partial charge < -0.3 is 20.1 Å². The third-order valence-electron chi connectivity index (χ3n) is 4.77. The summed E-state index contributed by atoms with van der Waals surface area (Å²) in [5, 5.41) is 12.5. The second kappa shape index (κ2) is 8.20. The lowest BCUT2D eigenvalue weighted by atomic mass is 9.77. The molecular formula is C19H28N2O3. The van der Waals surface area contributed by atoms with Crippen LogP contribution >= 0.6 is 0 Å². The first kappa shape index (κ1) is 18.3. The molecule has 1 aliphatic heterocycles. The summed E-state index contributed by atoms with van der Waals surface area (Å²) in [5.41, 5.74) is 1.64. The normalized spacial score (nSPS) is 16.5. The molecule has 2 rings (SSSR count). The number of benzene rings is 1. The van der Waals surface area contributed by atoms with Gasteiger partial charge >= 0.3 is 6.03 Å². The highest BCUT2D eigenvalue weighted by Crippen LogP contribution is 2.34. The maximum absolute atomic E-state index is 12.4. The standard InChI is InChI=1S/C19H28N2O3/c1-4-19(14-22)8-10-21(11-9-19)18(23)20-16-6-5-7-17(12-16)24-13-15(2)3/h5-7,12,22H,2,4,8-11,13-14H2,1,3H3,(H,20,23). The van der Waals surface area contributed by atoms with E-state index >= 15 is 0 Å². The van der Waals surface area contributed by atoms with Crippen LogP contribution in [-0.2, 0) is 0 Å². The number of hydrogen-bond donors (Lipinski definition) is 2. The molecule has 1 heterocycles. The molecule has 0 atom stereocenters. The largest absolute Gasteiger partial charge is 0.489 e. The zero-order valence-electron chi connectivity index (χ0n) is 14.7. The van der Waals surface area contributed by atoms with Gasteiger partial charge in [0.25, 0.3) is 0 Å². The topological polar surface area (TPSA) is 61.8 Å². The summed E-state index contributed by atoms with van der Waals surface area (Å²) < 4.78 is 5.60. The average molecular weight is 332 g/mol. The van der Waals surface area contributed by atoms with Crippen molar-refractivity contribution in [3.05, 3.63) is 36.4 Å². The molecule has 0 saturated carbocycles. The Morgan fingerprint density at radius 1 is 1.42 bits per heavy atom. The van der Waals surface area contributed by atoms with Crippen LogP contribution in [0.1, 0.15) is 33.1 Å². The number of rotatable bonds is 6. The molecule has 0 bridgehead atoms. The second-order valence-electron chi connectivity index (χ2n) is 6.70. The number of urea groups is 1. The van der Waals surface area contributed by atoms with E-state index in [1.165, 1.54) is 0 Å². The van der Waals surface area contributed by atoms with Crippen LogP contribution in [0.2, 0.25) is 0 Å². The summed E-state index contributed by atoms with van der Waals surface area (Å²) >= 11 is 0. The second-order valence-corrected chi connectivity index (χ2v) is 6.70. The van der Waals surface area contributed by atoms with Gasteiger partial charge in [-0.1, -0.05) is 19.6 Å². The lowest BCUT2D eigenvalue weighted by molar-refractivity contribution is 0.0542. The van der Waals surface area contributed by atoms with Gasteiger partial charge in [0.05, 0.1) is 0 Å². The SMILES string of the molecule is C=C(C)COc1cccc(NC(=O)N2CCC(CC)(CO)CC2)c1. The van der Waals surface area contributed by atoms with E-state index in [1.54, 1.807) is 0 Å². The van der Waals surface area contributed by atoms with Crippen molar-refractivity contribution in [1.29, 1.82) is 0 Å². The lowest BCUT2D eigenvalue weighted by Gasteiger charge is -2.40. The van der Waals surface area contributed by atoms with E-state index in [2.05, 4.69) is 18.8 Å². The number of aliphatic hydroxyl groups is 1. The van der Waals surface area contributed by atoms with Crippen molar-refractivity contribution in [2.24, 2.45) is 5.41 Å². The van der Waals surface area contributed by atoms with Crippen molar-refractivity contribution >= 4 is 11.7 Å². The minimum atomic E-state index is -0.102. The molecule has 5 nitrogen and oxygen atoms in total. The molecule has 5 heteroatoms. The molecule has 1 aromatic carbocycles. The predicted molar refractivity (Wildman–Crippen MR) is 96.4 cm³/mol. The van der Waals surface area contributed by atoms with Crippen LogP contribution in [0, 0.1) is 5.41 Å². The van der Waals surface area contributed by atoms with Crippen molar-refractivity contribution in [3.63, 3.8) is 0 Å². The maximum atomic E-state index is 12.4. The summed E-state index contributed by atoms with van der Waals surface area (Å²) in [5.74, 6) is 0.708. The molecule has 0 radical (unpaired) electrons. The number of carbonyl (C=O) groups excluding carboxylic acids is 1. The van der Waals surface area contributed by atoms with Crippen LogP contribution < -0.4 is 10.1 Å². The van der Waals surface area contributed by atoms with Gasteiger partial charge in [0.1, 0.15) is 12.4 Å². The Balaban J connectivity index is 1.91. The summed E-state index contributed by atoms with van der Waals surface area (Å²) in [7, 11) is 0. The molecular weight excluding hydrogens is 304 g/mol. The van der Waals surface area contributed by atoms with Crippen LogP contribution in [0.25, 0.3) is 0 Å². The number of hydrogen-bond acceptors (Lipinski definition) is 3. The van der Waals surface area contributed by atoms with E-state index < -0.39 is 0 Å². The van der Waals surface area contributed by atoms with Gasteiger partial charge in [-0.3, -0.25) is 0 Å². The number of ether oxygens (including phenoxy) is 1. The highest BCUT2D eigenvalue weighted by Gasteiger charge is 2.33. The van der Waals surface area contributed by atoms with E-state index in [4.69, 9.17) is 4.74 Å². The molecule has 0 spiro atoms. The van der Waals surface area contributed by atoms with E-state index in [9.17, 15) is 9.90 Å². The molecule has 0 unspecified atom stereocenters. The Bertz CT molecular complexity index is 572. The number of nitrogens with zero attached hydrogens (tertiary/aromatic N) is 1. The third kappa shape index (κ3) is 4.74. The van der Waals surface area contributed by atoms with Gasteiger partial charge in [0.15, 0.2) is 0 Å². The first-order valence-electron chi connectivity index (χ1n) is 8.52. The Hall–Kier alpha value is -2.01. The van der Waals surface area contributed by atoms with E-state index in [-0.39, 0.29) is 18.1 Å². The molecule has 1 fully saturated rings. The summed E-state index contributed by atoms with van der Waals surface area (Å²) in [6, 6.07) is 7.27. The summed E-state index contributed by atoms with van der Waals surface area (Å²) in [6.45, 7) is 9.82. The molecule has 1 aliphatic rings. The van der Waals surface area contributed by atoms with Crippen molar-refractivity contribution < 1.29 is 14.6 Å². The summed E-state index contributed by atoms with van der Waals surface area (Å²) in [6.07, 6.45) is 2.63. The molecule has 24 heavy (non-hydrogen) atoms. The smallest absolute Gasteiger partial charge is 0.321 e. The number of anilines is 1. The van der Waals surface area contributed by atoms with Crippen molar-refractivity contribution in [3.8, 4) is 5.75 Å². The zero-order valence-corrected chi connectivity index (χ0v) is 14.7. The molecule has 132 valence electrons. The van der Waals surface area contributed by atoms with Gasteiger partial charge in [-0.25, -0.2) is 4.79 Å². The maximum Gasteiger partial charge on any atom is 0.321 e. The molecule has 1 saturated heterocycles. The van der Waals surface area contributed by atoms with Crippen LogP contribution in [0.3, 0.4) is 0 Å². The Kier molecular flexibility index (Phi) is 6.26. The van der Waals surface area contributed by atoms with Crippen molar-refractivity contribution in [1.82, 2.24) is 4.90 Å². The zero-order chi connectivity index (χ0) is 17.6. The fourth-order valence-corrected chi connectivity index (χ4v) is 2.88. The molecule has 0 aliphatic carbocycles. The number of aliphatic hydroxyl groups excluding tert-OH is 1. The van der Waals surface area contributed by atoms with E-state index in [0.717, 1.165) is 24.8 Å². The number of piperidine rings is 1. The monoisotopic (exact) mass is 332 g/mol. The van der Waals surface area contributed by atoms with Gasteiger partial charge in [-0.05, 0) is 49.3 Å². The third-order valence-corrected chi connectivity index (χ3v) is 4.77. The minimum absolute atomic E-state index is 0.0207. The van der Waals surface area contributed by atoms with Crippen LogP contribution in [0.5, 0.6) is 5.75 Å².